The van der Waals surface area contributed by atoms with Crippen LogP contribution in [0.5, 0.6) is 0 Å². The van der Waals surface area contributed by atoms with Crippen molar-refractivity contribution in [3.8, 4) is 0 Å². The van der Waals surface area contributed by atoms with E-state index in [0.717, 1.165) is 42.8 Å². The summed E-state index contributed by atoms with van der Waals surface area (Å²) in [5.74, 6) is 1.01. The van der Waals surface area contributed by atoms with Crippen LogP contribution in [0.25, 0.3) is 0 Å². The van der Waals surface area contributed by atoms with Crippen molar-refractivity contribution in [1.82, 2.24) is 9.88 Å². The Kier molecular flexibility index (Phi) is 5.14. The Hall–Kier alpha value is -2.36. The van der Waals surface area contributed by atoms with Crippen molar-refractivity contribution in [3.63, 3.8) is 0 Å². The monoisotopic (exact) mass is 323 g/mol. The number of hydrogen-bond donors (Lipinski definition) is 1. The molecule has 3 rings (SSSR count). The smallest absolute Gasteiger partial charge is 0.254 e. The maximum atomic E-state index is 12.9. The van der Waals surface area contributed by atoms with Gasteiger partial charge in [-0.1, -0.05) is 31.2 Å². The Balaban J connectivity index is 1.87. The topological polar surface area (TPSA) is 45.2 Å². The number of carbonyl (C=O) groups excluding carboxylic acids is 1. The zero-order valence-electron chi connectivity index (χ0n) is 14.4. The average Bonchev–Trinajstić information content (AvgIpc) is 3.11. The van der Waals surface area contributed by atoms with E-state index in [1.807, 2.05) is 47.5 Å². The molecule has 1 fully saturated rings. The molecular weight excluding hydrogens is 298 g/mol. The van der Waals surface area contributed by atoms with Crippen LogP contribution in [0.3, 0.4) is 0 Å². The van der Waals surface area contributed by atoms with Gasteiger partial charge in [-0.2, -0.15) is 0 Å². The van der Waals surface area contributed by atoms with E-state index in [1.165, 1.54) is 0 Å². The summed E-state index contributed by atoms with van der Waals surface area (Å²) in [5.41, 5.74) is 1.88. The number of nitrogens with zero attached hydrogens (tertiary/aromatic N) is 2. The molecule has 1 aliphatic heterocycles. The van der Waals surface area contributed by atoms with Crippen molar-refractivity contribution in [2.24, 2.45) is 0 Å². The number of likely N-dealkylation sites (tertiary alicyclic amines) is 1. The number of hydrogen-bond acceptors (Lipinski definition) is 3. The standard InChI is InChI=1S/C20H25N3O/c1-3-15(2)22-19-17(11-7-13-21-19)18-12-8-14-23(18)20(24)16-9-5-4-6-10-16/h4-7,9-11,13,15,18H,3,8,12,14H2,1-2H3,(H,21,22)/t15-,18-/m0/s1. The predicted octanol–water partition coefficient (Wildman–Crippen LogP) is 4.27. The van der Waals surface area contributed by atoms with Gasteiger partial charge in [-0.15, -0.1) is 0 Å². The minimum absolute atomic E-state index is 0.0953. The highest BCUT2D eigenvalue weighted by Gasteiger charge is 2.32. The van der Waals surface area contributed by atoms with Crippen molar-refractivity contribution >= 4 is 11.7 Å². The van der Waals surface area contributed by atoms with Gasteiger partial charge in [-0.05, 0) is 44.4 Å². The highest BCUT2D eigenvalue weighted by atomic mass is 16.2. The largest absolute Gasteiger partial charge is 0.367 e. The summed E-state index contributed by atoms with van der Waals surface area (Å²) >= 11 is 0. The van der Waals surface area contributed by atoms with Gasteiger partial charge in [0.1, 0.15) is 5.82 Å². The molecule has 0 saturated carbocycles. The third kappa shape index (κ3) is 3.42. The first-order valence-electron chi connectivity index (χ1n) is 8.78. The maximum Gasteiger partial charge on any atom is 0.254 e. The quantitative estimate of drug-likeness (QED) is 0.894. The Labute approximate surface area is 143 Å². The molecule has 4 nitrogen and oxygen atoms in total. The number of carbonyl (C=O) groups is 1. The Morgan fingerprint density at radius 3 is 2.83 bits per heavy atom. The molecule has 0 aliphatic carbocycles. The number of pyridine rings is 1. The molecule has 1 N–H and O–H groups in total. The van der Waals surface area contributed by atoms with Gasteiger partial charge in [0.25, 0.3) is 5.91 Å². The molecule has 1 aromatic heterocycles. The number of nitrogens with one attached hydrogen (secondary N) is 1. The molecule has 1 aliphatic rings. The molecule has 24 heavy (non-hydrogen) atoms. The van der Waals surface area contributed by atoms with Gasteiger partial charge in [-0.25, -0.2) is 4.98 Å². The maximum absolute atomic E-state index is 12.9. The summed E-state index contributed by atoms with van der Waals surface area (Å²) in [5, 5.41) is 3.49. The Bertz CT molecular complexity index is 686. The summed E-state index contributed by atoms with van der Waals surface area (Å²) < 4.78 is 0. The van der Waals surface area contributed by atoms with E-state index in [-0.39, 0.29) is 11.9 Å². The van der Waals surface area contributed by atoms with Crippen LogP contribution in [0, 0.1) is 0 Å². The molecular formula is C20H25N3O. The fourth-order valence-corrected chi connectivity index (χ4v) is 3.22. The van der Waals surface area contributed by atoms with Crippen LogP contribution in [0.2, 0.25) is 0 Å². The van der Waals surface area contributed by atoms with E-state index in [9.17, 15) is 4.79 Å². The summed E-state index contributed by atoms with van der Waals surface area (Å²) in [6.07, 6.45) is 4.86. The zero-order chi connectivity index (χ0) is 16.9. The molecule has 1 amide bonds. The molecule has 4 heteroatoms. The predicted molar refractivity (Wildman–Crippen MR) is 97.1 cm³/mol. The van der Waals surface area contributed by atoms with Crippen LogP contribution in [-0.2, 0) is 0 Å². The normalized spacial score (nSPS) is 18.4. The molecule has 0 radical (unpaired) electrons. The minimum Gasteiger partial charge on any atom is -0.367 e. The van der Waals surface area contributed by atoms with Crippen LogP contribution >= 0.6 is 0 Å². The first kappa shape index (κ1) is 16.5. The number of benzene rings is 1. The third-order valence-electron chi connectivity index (χ3n) is 4.73. The van der Waals surface area contributed by atoms with Crippen LogP contribution in [0.4, 0.5) is 5.82 Å². The van der Waals surface area contributed by atoms with Crippen LogP contribution in [0.1, 0.15) is 55.1 Å². The highest BCUT2D eigenvalue weighted by Crippen LogP contribution is 2.36. The van der Waals surface area contributed by atoms with E-state index in [4.69, 9.17) is 0 Å². The lowest BCUT2D eigenvalue weighted by molar-refractivity contribution is 0.0736. The lowest BCUT2D eigenvalue weighted by Gasteiger charge is -2.27. The molecule has 0 bridgehead atoms. The SMILES string of the molecule is CC[C@H](C)Nc1ncccc1[C@@H]1CCCN1C(=O)c1ccccc1. The first-order valence-corrected chi connectivity index (χ1v) is 8.78. The van der Waals surface area contributed by atoms with Crippen molar-refractivity contribution in [1.29, 1.82) is 0 Å². The second kappa shape index (κ2) is 7.47. The van der Waals surface area contributed by atoms with E-state index in [0.29, 0.717) is 6.04 Å². The molecule has 2 aromatic rings. The van der Waals surface area contributed by atoms with Crippen LogP contribution in [-0.4, -0.2) is 28.4 Å². The van der Waals surface area contributed by atoms with E-state index >= 15 is 0 Å². The molecule has 2 atom stereocenters. The van der Waals surface area contributed by atoms with Crippen molar-refractivity contribution in [2.45, 2.75) is 45.2 Å². The van der Waals surface area contributed by atoms with E-state index < -0.39 is 0 Å². The summed E-state index contributed by atoms with van der Waals surface area (Å²) in [6, 6.07) is 14.1. The fraction of sp³-hybridized carbons (Fsp3) is 0.400. The fourth-order valence-electron chi connectivity index (χ4n) is 3.22. The zero-order valence-corrected chi connectivity index (χ0v) is 14.4. The minimum atomic E-state index is 0.0953. The molecule has 0 unspecified atom stereocenters. The molecule has 0 spiro atoms. The number of anilines is 1. The average molecular weight is 323 g/mol. The lowest BCUT2D eigenvalue weighted by Crippen LogP contribution is -2.31. The summed E-state index contributed by atoms with van der Waals surface area (Å²) in [6.45, 7) is 5.11. The number of aromatic nitrogens is 1. The van der Waals surface area contributed by atoms with Crippen molar-refractivity contribution < 1.29 is 4.79 Å². The van der Waals surface area contributed by atoms with Gasteiger partial charge < -0.3 is 10.2 Å². The number of amides is 1. The van der Waals surface area contributed by atoms with Gasteiger partial charge in [0.15, 0.2) is 0 Å². The van der Waals surface area contributed by atoms with Crippen molar-refractivity contribution in [3.05, 3.63) is 59.8 Å². The van der Waals surface area contributed by atoms with Gasteiger partial charge >= 0.3 is 0 Å². The van der Waals surface area contributed by atoms with E-state index in [2.05, 4.69) is 30.2 Å². The molecule has 1 aromatic carbocycles. The Morgan fingerprint density at radius 1 is 1.29 bits per heavy atom. The first-order chi connectivity index (χ1) is 11.7. The van der Waals surface area contributed by atoms with Crippen LogP contribution < -0.4 is 5.32 Å². The summed E-state index contributed by atoms with van der Waals surface area (Å²) in [7, 11) is 0. The van der Waals surface area contributed by atoms with Gasteiger partial charge in [0.2, 0.25) is 0 Å². The van der Waals surface area contributed by atoms with Gasteiger partial charge in [-0.3, -0.25) is 4.79 Å². The van der Waals surface area contributed by atoms with Gasteiger partial charge in [0, 0.05) is 29.9 Å². The second-order valence-electron chi connectivity index (χ2n) is 6.42. The molecule has 2 heterocycles. The lowest BCUT2D eigenvalue weighted by atomic mass is 10.0. The molecule has 1 saturated heterocycles. The number of rotatable bonds is 5. The molecule has 126 valence electrons. The van der Waals surface area contributed by atoms with E-state index in [1.54, 1.807) is 0 Å². The van der Waals surface area contributed by atoms with Crippen LogP contribution in [0.15, 0.2) is 48.7 Å². The highest BCUT2D eigenvalue weighted by molar-refractivity contribution is 5.94. The third-order valence-corrected chi connectivity index (χ3v) is 4.73. The Morgan fingerprint density at radius 2 is 2.08 bits per heavy atom. The second-order valence-corrected chi connectivity index (χ2v) is 6.42. The van der Waals surface area contributed by atoms with Gasteiger partial charge in [0.05, 0.1) is 6.04 Å². The van der Waals surface area contributed by atoms with Crippen molar-refractivity contribution in [2.75, 3.05) is 11.9 Å². The summed E-state index contributed by atoms with van der Waals surface area (Å²) in [4.78, 5) is 19.4.